The van der Waals surface area contributed by atoms with Gasteiger partial charge in [-0.3, -0.25) is 4.79 Å². The average molecular weight is 405 g/mol. The van der Waals surface area contributed by atoms with Crippen molar-refractivity contribution in [2.24, 2.45) is 0 Å². The maximum atomic E-state index is 12.0. The van der Waals surface area contributed by atoms with Crippen LogP contribution in [-0.2, 0) is 0 Å². The Morgan fingerprint density at radius 2 is 1.79 bits per heavy atom. The molecule has 0 spiro atoms. The first-order chi connectivity index (χ1) is 8.97. The summed E-state index contributed by atoms with van der Waals surface area (Å²) in [6.45, 7) is 0. The second-order valence-electron chi connectivity index (χ2n) is 3.74. The Labute approximate surface area is 131 Å². The fourth-order valence-corrected chi connectivity index (χ4v) is 2.21. The van der Waals surface area contributed by atoms with Crippen molar-refractivity contribution in [1.29, 1.82) is 0 Å². The van der Waals surface area contributed by atoms with Gasteiger partial charge in [-0.25, -0.2) is 0 Å². The van der Waals surface area contributed by atoms with Crippen LogP contribution in [0.25, 0.3) is 0 Å². The van der Waals surface area contributed by atoms with Crippen LogP contribution >= 0.6 is 43.5 Å². The van der Waals surface area contributed by atoms with E-state index in [1.807, 2.05) is 0 Å². The number of amides is 1. The molecule has 0 radical (unpaired) electrons. The number of rotatable bonds is 2. The van der Waals surface area contributed by atoms with Crippen molar-refractivity contribution in [2.75, 3.05) is 5.32 Å². The highest BCUT2D eigenvalue weighted by Gasteiger charge is 2.10. The first-order valence-corrected chi connectivity index (χ1v) is 7.18. The minimum Gasteiger partial charge on any atom is -0.507 e. The Bertz CT molecular complexity index is 647. The lowest BCUT2D eigenvalue weighted by atomic mass is 10.2. The molecule has 0 aliphatic heterocycles. The molecule has 0 aromatic heterocycles. The zero-order chi connectivity index (χ0) is 14.0. The predicted octanol–water partition coefficient (Wildman–Crippen LogP) is 4.82. The van der Waals surface area contributed by atoms with Crippen LogP contribution in [0, 0.1) is 0 Å². The number of nitrogens with one attached hydrogen (secondary N) is 1. The van der Waals surface area contributed by atoms with Crippen LogP contribution in [0.4, 0.5) is 5.69 Å². The van der Waals surface area contributed by atoms with Crippen molar-refractivity contribution >= 4 is 55.1 Å². The summed E-state index contributed by atoms with van der Waals surface area (Å²) in [6.07, 6.45) is 0. The van der Waals surface area contributed by atoms with Crippen molar-refractivity contribution < 1.29 is 9.90 Å². The van der Waals surface area contributed by atoms with E-state index in [-0.39, 0.29) is 11.7 Å². The first kappa shape index (κ1) is 14.4. The highest BCUT2D eigenvalue weighted by Crippen LogP contribution is 2.28. The van der Waals surface area contributed by atoms with Crippen molar-refractivity contribution in [1.82, 2.24) is 0 Å². The summed E-state index contributed by atoms with van der Waals surface area (Å²) in [5, 5.41) is 12.8. The molecule has 0 unspecified atom stereocenters. The molecule has 0 heterocycles. The molecule has 6 heteroatoms. The van der Waals surface area contributed by atoms with Crippen LogP contribution in [-0.4, -0.2) is 11.0 Å². The largest absolute Gasteiger partial charge is 0.507 e. The van der Waals surface area contributed by atoms with Gasteiger partial charge < -0.3 is 10.4 Å². The smallest absolute Gasteiger partial charge is 0.255 e. The van der Waals surface area contributed by atoms with E-state index >= 15 is 0 Å². The van der Waals surface area contributed by atoms with Gasteiger partial charge in [-0.15, -0.1) is 0 Å². The van der Waals surface area contributed by atoms with Crippen molar-refractivity contribution in [3.05, 3.63) is 55.9 Å². The van der Waals surface area contributed by atoms with Crippen LogP contribution in [0.1, 0.15) is 10.4 Å². The number of aromatic hydroxyl groups is 1. The molecule has 0 aliphatic carbocycles. The maximum Gasteiger partial charge on any atom is 0.255 e. The standard InChI is InChI=1S/C13H8Br2ClNO2/c14-9-4-2-8(16)6-11(9)17-13(19)7-1-3-10(15)12(18)5-7/h1-6,18H,(H,17,19). The molecule has 0 saturated carbocycles. The van der Waals surface area contributed by atoms with Gasteiger partial charge in [0.1, 0.15) is 5.75 Å². The Morgan fingerprint density at radius 1 is 1.11 bits per heavy atom. The Morgan fingerprint density at radius 3 is 2.47 bits per heavy atom. The van der Waals surface area contributed by atoms with E-state index in [1.165, 1.54) is 6.07 Å². The van der Waals surface area contributed by atoms with Gasteiger partial charge in [0.2, 0.25) is 0 Å². The lowest BCUT2D eigenvalue weighted by Gasteiger charge is -2.08. The topological polar surface area (TPSA) is 49.3 Å². The Hall–Kier alpha value is -1.04. The third-order valence-corrected chi connectivity index (χ3v) is 3.98. The molecule has 0 bridgehead atoms. The minimum atomic E-state index is -0.328. The number of benzene rings is 2. The molecule has 2 rings (SSSR count). The van der Waals surface area contributed by atoms with E-state index < -0.39 is 0 Å². The molecular formula is C13H8Br2ClNO2. The van der Waals surface area contributed by atoms with Gasteiger partial charge in [-0.1, -0.05) is 11.6 Å². The Balaban J connectivity index is 2.25. The molecule has 0 fully saturated rings. The van der Waals surface area contributed by atoms with Crippen molar-refractivity contribution in [3.63, 3.8) is 0 Å². The van der Waals surface area contributed by atoms with Gasteiger partial charge in [0.25, 0.3) is 5.91 Å². The minimum absolute atomic E-state index is 0.0119. The van der Waals surface area contributed by atoms with Crippen LogP contribution in [0.2, 0.25) is 5.02 Å². The number of hydrogen-bond acceptors (Lipinski definition) is 2. The van der Waals surface area contributed by atoms with Gasteiger partial charge in [-0.05, 0) is 68.3 Å². The molecule has 0 aliphatic rings. The lowest BCUT2D eigenvalue weighted by molar-refractivity contribution is 0.102. The Kier molecular flexibility index (Phi) is 4.50. The third-order valence-electron chi connectivity index (χ3n) is 2.38. The average Bonchev–Trinajstić information content (AvgIpc) is 2.37. The zero-order valence-corrected chi connectivity index (χ0v) is 13.4. The molecule has 19 heavy (non-hydrogen) atoms. The number of anilines is 1. The molecule has 2 N–H and O–H groups in total. The predicted molar refractivity (Wildman–Crippen MR) is 82.9 cm³/mol. The second-order valence-corrected chi connectivity index (χ2v) is 5.89. The number of halogens is 3. The van der Waals surface area contributed by atoms with E-state index in [2.05, 4.69) is 37.2 Å². The molecule has 2 aromatic carbocycles. The van der Waals surface area contributed by atoms with Crippen molar-refractivity contribution in [3.8, 4) is 5.75 Å². The summed E-state index contributed by atoms with van der Waals surface area (Å²) in [7, 11) is 0. The summed E-state index contributed by atoms with van der Waals surface area (Å²) >= 11 is 12.4. The summed E-state index contributed by atoms with van der Waals surface area (Å²) in [5.74, 6) is -0.316. The summed E-state index contributed by atoms with van der Waals surface area (Å²) < 4.78 is 1.26. The summed E-state index contributed by atoms with van der Waals surface area (Å²) in [4.78, 5) is 12.0. The van der Waals surface area contributed by atoms with Crippen LogP contribution in [0.3, 0.4) is 0 Å². The van der Waals surface area contributed by atoms with Crippen LogP contribution in [0.15, 0.2) is 45.3 Å². The first-order valence-electron chi connectivity index (χ1n) is 5.22. The third kappa shape index (κ3) is 3.49. The fourth-order valence-electron chi connectivity index (χ4n) is 1.44. The van der Waals surface area contributed by atoms with E-state index in [0.717, 1.165) is 4.47 Å². The summed E-state index contributed by atoms with van der Waals surface area (Å²) in [6, 6.07) is 9.71. The van der Waals surface area contributed by atoms with Crippen LogP contribution < -0.4 is 5.32 Å². The number of carbonyl (C=O) groups excluding carboxylic acids is 1. The van der Waals surface area contributed by atoms with Gasteiger partial charge >= 0.3 is 0 Å². The molecule has 0 saturated heterocycles. The molecular weight excluding hydrogens is 397 g/mol. The van der Waals surface area contributed by atoms with Gasteiger partial charge in [0.05, 0.1) is 10.2 Å². The number of carbonyl (C=O) groups is 1. The summed E-state index contributed by atoms with van der Waals surface area (Å²) in [5.41, 5.74) is 0.924. The van der Waals surface area contributed by atoms with Crippen LogP contribution in [0.5, 0.6) is 5.75 Å². The SMILES string of the molecule is O=C(Nc1cc(Cl)ccc1Br)c1ccc(Br)c(O)c1. The lowest BCUT2D eigenvalue weighted by Crippen LogP contribution is -2.12. The van der Waals surface area contributed by atoms with Gasteiger partial charge in [0.15, 0.2) is 0 Å². The normalized spacial score (nSPS) is 10.3. The maximum absolute atomic E-state index is 12.0. The monoisotopic (exact) mass is 403 g/mol. The molecule has 1 amide bonds. The van der Waals surface area contributed by atoms with Crippen molar-refractivity contribution in [2.45, 2.75) is 0 Å². The van der Waals surface area contributed by atoms with E-state index in [1.54, 1.807) is 30.3 Å². The highest BCUT2D eigenvalue weighted by atomic mass is 79.9. The number of phenols is 1. The van der Waals surface area contributed by atoms with E-state index in [0.29, 0.717) is 20.7 Å². The molecule has 98 valence electrons. The van der Waals surface area contributed by atoms with E-state index in [4.69, 9.17) is 11.6 Å². The quantitative estimate of drug-likeness (QED) is 0.752. The fraction of sp³-hybridized carbons (Fsp3) is 0. The number of phenolic OH excluding ortho intramolecular Hbond substituents is 1. The molecule has 0 atom stereocenters. The van der Waals surface area contributed by atoms with Gasteiger partial charge in [0, 0.05) is 15.1 Å². The zero-order valence-electron chi connectivity index (χ0n) is 9.45. The molecule has 2 aromatic rings. The number of hydrogen-bond donors (Lipinski definition) is 2. The highest BCUT2D eigenvalue weighted by molar-refractivity contribution is 9.11. The molecule has 3 nitrogen and oxygen atoms in total. The van der Waals surface area contributed by atoms with Gasteiger partial charge in [-0.2, -0.15) is 0 Å². The van der Waals surface area contributed by atoms with E-state index in [9.17, 15) is 9.90 Å². The second kappa shape index (κ2) is 5.94.